The minimum atomic E-state index is -3.58. The van der Waals surface area contributed by atoms with Gasteiger partial charge in [-0.15, -0.1) is 0 Å². The minimum Gasteiger partial charge on any atom is -0.368 e. The number of imidazole rings is 1. The molecule has 1 atom stereocenters. The van der Waals surface area contributed by atoms with E-state index in [1.54, 1.807) is 20.2 Å². The number of nitrogens with zero attached hydrogens (tertiary/aromatic N) is 4. The first kappa shape index (κ1) is 15.2. The molecule has 9 heteroatoms. The maximum absolute atomic E-state index is 12.8. The third-order valence-corrected chi connectivity index (χ3v) is 5.61. The van der Waals surface area contributed by atoms with Gasteiger partial charge in [-0.1, -0.05) is 0 Å². The fraction of sp³-hybridized carbons (Fsp3) is 0.538. The summed E-state index contributed by atoms with van der Waals surface area (Å²) in [6.45, 7) is 4.49. The van der Waals surface area contributed by atoms with Crippen LogP contribution in [0.3, 0.4) is 0 Å². The van der Waals surface area contributed by atoms with Gasteiger partial charge in [-0.3, -0.25) is 4.68 Å². The van der Waals surface area contributed by atoms with Crippen molar-refractivity contribution in [3.63, 3.8) is 0 Å². The molecule has 0 radical (unpaired) electrons. The highest BCUT2D eigenvalue weighted by molar-refractivity contribution is 7.89. The molecule has 2 aromatic heterocycles. The molecule has 0 bridgehead atoms. The van der Waals surface area contributed by atoms with Crippen LogP contribution in [0.2, 0.25) is 0 Å². The van der Waals surface area contributed by atoms with Crippen LogP contribution in [-0.4, -0.2) is 52.2 Å². The molecule has 2 aromatic rings. The Balaban J connectivity index is 1.86. The molecule has 1 aliphatic heterocycles. The van der Waals surface area contributed by atoms with E-state index in [1.807, 2.05) is 6.92 Å². The lowest BCUT2D eigenvalue weighted by Gasteiger charge is -2.31. The van der Waals surface area contributed by atoms with Crippen molar-refractivity contribution < 1.29 is 13.2 Å². The van der Waals surface area contributed by atoms with Gasteiger partial charge in [0.15, 0.2) is 0 Å². The Labute approximate surface area is 129 Å². The number of rotatable bonds is 3. The van der Waals surface area contributed by atoms with E-state index in [4.69, 9.17) is 4.74 Å². The lowest BCUT2D eigenvalue weighted by Crippen LogP contribution is -2.42. The number of aryl methyl sites for hydroxylation is 3. The van der Waals surface area contributed by atoms with Gasteiger partial charge in [-0.25, -0.2) is 13.4 Å². The number of sulfonamides is 1. The van der Waals surface area contributed by atoms with E-state index in [0.29, 0.717) is 24.7 Å². The molecular weight excluding hydrogens is 306 g/mol. The Morgan fingerprint density at radius 3 is 2.77 bits per heavy atom. The van der Waals surface area contributed by atoms with Gasteiger partial charge in [-0.2, -0.15) is 9.40 Å². The molecule has 1 fully saturated rings. The second kappa shape index (κ2) is 5.49. The molecule has 0 aromatic carbocycles. The Morgan fingerprint density at radius 2 is 2.18 bits per heavy atom. The first-order valence-electron chi connectivity index (χ1n) is 7.01. The molecule has 0 aliphatic carbocycles. The van der Waals surface area contributed by atoms with Crippen molar-refractivity contribution in [2.45, 2.75) is 24.8 Å². The lowest BCUT2D eigenvalue weighted by atomic mass is 10.3. The van der Waals surface area contributed by atoms with E-state index in [9.17, 15) is 8.42 Å². The molecule has 3 heterocycles. The average Bonchev–Trinajstić information content (AvgIpc) is 3.05. The van der Waals surface area contributed by atoms with Crippen LogP contribution >= 0.6 is 0 Å². The maximum Gasteiger partial charge on any atom is 0.246 e. The predicted molar refractivity (Wildman–Crippen MR) is 78.7 cm³/mol. The molecule has 0 unspecified atom stereocenters. The molecule has 1 N–H and O–H groups in total. The second-order valence-corrected chi connectivity index (χ2v) is 7.33. The van der Waals surface area contributed by atoms with Crippen LogP contribution in [0.5, 0.6) is 0 Å². The van der Waals surface area contributed by atoms with Crippen LogP contribution in [0, 0.1) is 13.8 Å². The quantitative estimate of drug-likeness (QED) is 0.888. The summed E-state index contributed by atoms with van der Waals surface area (Å²) < 4.78 is 34.2. The van der Waals surface area contributed by atoms with Crippen LogP contribution in [-0.2, 0) is 21.8 Å². The van der Waals surface area contributed by atoms with Gasteiger partial charge in [0.25, 0.3) is 0 Å². The zero-order valence-corrected chi connectivity index (χ0v) is 13.6. The van der Waals surface area contributed by atoms with Gasteiger partial charge in [-0.05, 0) is 13.8 Å². The van der Waals surface area contributed by atoms with Gasteiger partial charge in [0, 0.05) is 38.2 Å². The molecule has 0 saturated carbocycles. The van der Waals surface area contributed by atoms with Gasteiger partial charge in [0.1, 0.15) is 16.8 Å². The number of morpholine rings is 1. The second-order valence-electron chi connectivity index (χ2n) is 5.43. The Hall–Kier alpha value is -1.71. The van der Waals surface area contributed by atoms with Crippen molar-refractivity contribution in [1.29, 1.82) is 0 Å². The number of hydrogen-bond donors (Lipinski definition) is 1. The first-order valence-corrected chi connectivity index (χ1v) is 8.45. The zero-order valence-electron chi connectivity index (χ0n) is 12.8. The smallest absolute Gasteiger partial charge is 0.246 e. The maximum atomic E-state index is 12.8. The van der Waals surface area contributed by atoms with Crippen molar-refractivity contribution >= 4 is 10.0 Å². The minimum absolute atomic E-state index is 0.240. The van der Waals surface area contributed by atoms with E-state index in [0.717, 1.165) is 5.69 Å². The van der Waals surface area contributed by atoms with Crippen molar-refractivity contribution in [3.05, 3.63) is 29.6 Å². The third kappa shape index (κ3) is 2.67. The first-order chi connectivity index (χ1) is 10.4. The Kier molecular flexibility index (Phi) is 3.79. The van der Waals surface area contributed by atoms with Crippen molar-refractivity contribution in [2.75, 3.05) is 19.7 Å². The number of nitrogens with one attached hydrogen (secondary N) is 1. The average molecular weight is 325 g/mol. The van der Waals surface area contributed by atoms with Crippen LogP contribution in [0.25, 0.3) is 0 Å². The van der Waals surface area contributed by atoms with Gasteiger partial charge in [0.2, 0.25) is 10.0 Å². The molecule has 1 saturated heterocycles. The fourth-order valence-corrected chi connectivity index (χ4v) is 4.20. The molecule has 120 valence electrons. The summed E-state index contributed by atoms with van der Waals surface area (Å²) >= 11 is 0. The highest BCUT2D eigenvalue weighted by Gasteiger charge is 2.34. The SMILES string of the molecule is Cc1cnc([C@@H]2CN(S(=O)(=O)c3cn(C)nc3C)CCO2)[nH]1. The van der Waals surface area contributed by atoms with Crippen LogP contribution in [0.4, 0.5) is 0 Å². The summed E-state index contributed by atoms with van der Waals surface area (Å²) in [6, 6.07) is 0. The van der Waals surface area contributed by atoms with Crippen molar-refractivity contribution in [2.24, 2.45) is 7.05 Å². The monoisotopic (exact) mass is 325 g/mol. The van der Waals surface area contributed by atoms with Gasteiger partial charge >= 0.3 is 0 Å². The van der Waals surface area contributed by atoms with Crippen LogP contribution < -0.4 is 0 Å². The zero-order chi connectivity index (χ0) is 15.9. The number of aromatic amines is 1. The highest BCUT2D eigenvalue weighted by atomic mass is 32.2. The highest BCUT2D eigenvalue weighted by Crippen LogP contribution is 2.26. The Morgan fingerprint density at radius 1 is 1.41 bits per heavy atom. The van der Waals surface area contributed by atoms with Gasteiger partial charge < -0.3 is 9.72 Å². The topological polar surface area (TPSA) is 93.1 Å². The molecule has 0 amide bonds. The predicted octanol–water partition coefficient (Wildman–Crippen LogP) is 0.522. The van der Waals surface area contributed by atoms with E-state index in [2.05, 4.69) is 15.1 Å². The largest absolute Gasteiger partial charge is 0.368 e. The molecular formula is C13H19N5O3S. The normalized spacial score (nSPS) is 20.4. The molecule has 8 nitrogen and oxygen atoms in total. The summed E-state index contributed by atoms with van der Waals surface area (Å²) in [6.07, 6.45) is 2.86. The molecule has 22 heavy (non-hydrogen) atoms. The lowest BCUT2D eigenvalue weighted by molar-refractivity contribution is -0.00712. The molecule has 3 rings (SSSR count). The third-order valence-electron chi connectivity index (χ3n) is 3.64. The number of hydrogen-bond acceptors (Lipinski definition) is 5. The number of aromatic nitrogens is 4. The standard InChI is InChI=1S/C13H19N5O3S/c1-9-6-14-13(15-9)11-7-18(4-5-21-11)22(19,20)12-8-17(3)16-10(12)2/h6,8,11H,4-5,7H2,1-3H3,(H,14,15)/t11-/m0/s1. The van der Waals surface area contributed by atoms with E-state index in [1.165, 1.54) is 15.2 Å². The van der Waals surface area contributed by atoms with E-state index in [-0.39, 0.29) is 17.5 Å². The molecule has 0 spiro atoms. The van der Waals surface area contributed by atoms with Crippen LogP contribution in [0.15, 0.2) is 17.3 Å². The molecule has 1 aliphatic rings. The van der Waals surface area contributed by atoms with E-state index >= 15 is 0 Å². The van der Waals surface area contributed by atoms with E-state index < -0.39 is 10.0 Å². The summed E-state index contributed by atoms with van der Waals surface area (Å²) in [5.41, 5.74) is 1.42. The Bertz CT molecular complexity index is 779. The summed E-state index contributed by atoms with van der Waals surface area (Å²) in [5, 5.41) is 4.11. The summed E-state index contributed by atoms with van der Waals surface area (Å²) in [7, 11) is -1.87. The summed E-state index contributed by atoms with van der Waals surface area (Å²) in [5.74, 6) is 0.653. The summed E-state index contributed by atoms with van der Waals surface area (Å²) in [4.78, 5) is 7.57. The number of H-pyrrole nitrogens is 1. The van der Waals surface area contributed by atoms with Crippen molar-refractivity contribution in [1.82, 2.24) is 24.1 Å². The van der Waals surface area contributed by atoms with Crippen LogP contribution in [0.1, 0.15) is 23.3 Å². The number of ether oxygens (including phenoxy) is 1. The fourth-order valence-electron chi connectivity index (χ4n) is 2.58. The van der Waals surface area contributed by atoms with Crippen molar-refractivity contribution in [3.8, 4) is 0 Å². The van der Waals surface area contributed by atoms with Gasteiger partial charge in [0.05, 0.1) is 12.3 Å².